The first-order valence-electron chi connectivity index (χ1n) is 47.8. The number of carbonyl (C=O) groups excluding carboxylic acids is 10. The number of hydrazone groups is 2. The summed E-state index contributed by atoms with van der Waals surface area (Å²) in [5.41, 5.74) is 6.67. The second-order valence-electron chi connectivity index (χ2n) is 35.2. The molecule has 0 bridgehead atoms. The molecule has 12 rings (SSSR count). The Balaban J connectivity index is 0.000000295. The van der Waals surface area contributed by atoms with E-state index in [4.69, 9.17) is 84.6 Å². The smallest absolute Gasteiger partial charge is 0.415 e. The van der Waals surface area contributed by atoms with Crippen molar-refractivity contribution in [1.82, 2.24) is 34.7 Å². The summed E-state index contributed by atoms with van der Waals surface area (Å²) in [6.07, 6.45) is 0.320. The zero-order valence-electron chi connectivity index (χ0n) is 85.6. The Morgan fingerprint density at radius 3 is 1.20 bits per heavy atom. The summed E-state index contributed by atoms with van der Waals surface area (Å²) in [7, 11) is 13.9. The number of aromatic nitrogens is 2. The largest absolute Gasteiger partial charge is 0.497 e. The average molecular weight is 2010 g/mol. The highest BCUT2D eigenvalue weighted by atomic mass is 16.6. The number of aryl methyl sites for hydroxylation is 2. The topological polar surface area (TPSA) is 424 Å². The van der Waals surface area contributed by atoms with E-state index < -0.39 is 53.3 Å². The second kappa shape index (κ2) is 54.3. The Hall–Kier alpha value is -13.6. The summed E-state index contributed by atoms with van der Waals surface area (Å²) in [5, 5.41) is 13.7. The van der Waals surface area contributed by atoms with E-state index in [1.54, 1.807) is 137 Å². The van der Waals surface area contributed by atoms with E-state index in [-0.39, 0.29) is 84.6 Å². The molecule has 0 spiro atoms. The van der Waals surface area contributed by atoms with E-state index in [0.717, 1.165) is 38.7 Å². The summed E-state index contributed by atoms with van der Waals surface area (Å²) < 4.78 is 101. The van der Waals surface area contributed by atoms with Gasteiger partial charge in [-0.15, -0.1) is 0 Å². The number of ether oxygens (including phenoxy) is 16. The lowest BCUT2D eigenvalue weighted by atomic mass is 9.93. The first-order chi connectivity index (χ1) is 69.1. The first-order valence-corrected chi connectivity index (χ1v) is 47.8. The molecule has 0 saturated heterocycles. The summed E-state index contributed by atoms with van der Waals surface area (Å²) in [6, 6.07) is 31.7. The maximum Gasteiger partial charge on any atom is 0.415 e. The van der Waals surface area contributed by atoms with Gasteiger partial charge in [0.15, 0.2) is 23.0 Å². The van der Waals surface area contributed by atoms with E-state index in [9.17, 15) is 47.9 Å². The lowest BCUT2D eigenvalue weighted by Crippen LogP contribution is -2.55. The number of rotatable bonds is 53. The van der Waals surface area contributed by atoms with Crippen molar-refractivity contribution in [3.63, 3.8) is 0 Å². The van der Waals surface area contributed by atoms with Crippen LogP contribution < -0.4 is 38.2 Å². The fourth-order valence-electron chi connectivity index (χ4n) is 16.2. The number of nitrogens with one attached hydrogen (secondary N) is 2. The van der Waals surface area contributed by atoms with Gasteiger partial charge in [-0.05, 0) is 202 Å². The van der Waals surface area contributed by atoms with Gasteiger partial charge < -0.3 is 114 Å². The zero-order chi connectivity index (χ0) is 104. The molecule has 6 amide bonds. The lowest BCUT2D eigenvalue weighted by molar-refractivity contribution is -0.139. The number of nitrogens with zero attached hydrogens (tertiary/aromatic N) is 9. The molecule has 4 aromatic heterocycles. The molecule has 6 aromatic carbocycles. The molecule has 2 atom stereocenters. The third kappa shape index (κ3) is 29.8. The lowest BCUT2D eigenvalue weighted by Gasteiger charge is -2.35. The van der Waals surface area contributed by atoms with Crippen molar-refractivity contribution in [3.05, 3.63) is 165 Å². The summed E-state index contributed by atoms with van der Waals surface area (Å²) >= 11 is 0. The van der Waals surface area contributed by atoms with Crippen molar-refractivity contribution < 1.29 is 133 Å². The van der Waals surface area contributed by atoms with Gasteiger partial charge in [-0.1, -0.05) is 21.3 Å². The van der Waals surface area contributed by atoms with Gasteiger partial charge in [0.25, 0.3) is 23.6 Å². The zero-order valence-corrected chi connectivity index (χ0v) is 85.6. The second-order valence-corrected chi connectivity index (χ2v) is 35.2. The number of methoxy groups -OCH3 is 3. The predicted molar refractivity (Wildman–Crippen MR) is 545 cm³/mol. The summed E-state index contributed by atoms with van der Waals surface area (Å²) in [4.78, 5) is 147. The fourth-order valence-corrected chi connectivity index (χ4v) is 16.2. The number of hydrogen-bond donors (Lipinski definition) is 2. The van der Waals surface area contributed by atoms with Crippen LogP contribution in [-0.4, -0.2) is 326 Å². The van der Waals surface area contributed by atoms with Crippen LogP contribution in [0.1, 0.15) is 176 Å². The maximum absolute atomic E-state index is 14.4. The molecule has 0 saturated carbocycles. The van der Waals surface area contributed by atoms with Crippen molar-refractivity contribution in [2.45, 2.75) is 120 Å². The molecule has 39 nitrogen and oxygen atoms in total. The van der Waals surface area contributed by atoms with Crippen LogP contribution in [0.25, 0.3) is 43.7 Å². The number of Topliss-reactive ketones (excluding diaryl/α,β-unsaturated/α-hetero) is 2. The highest BCUT2D eigenvalue weighted by molar-refractivity contribution is 6.17. The fraction of sp³-hybridized carbons (Fsp3) is 0.472. The monoisotopic (exact) mass is 2010 g/mol. The molecule has 0 unspecified atom stereocenters. The number of likely N-dealkylation sites (N-methyl/N-ethyl adjacent to an activating group) is 5. The molecule has 10 aromatic rings. The van der Waals surface area contributed by atoms with E-state index in [1.165, 1.54) is 66.2 Å². The van der Waals surface area contributed by atoms with Gasteiger partial charge >= 0.3 is 24.1 Å². The molecule has 2 N–H and O–H groups in total. The van der Waals surface area contributed by atoms with Crippen molar-refractivity contribution in [2.24, 2.45) is 10.2 Å². The SMILES string of the molecule is C.CC[C@@H]1CN(C(=O)c2cc3cc(OC)ccc3o2)c2cc(OC(=O)N(C)C(C)(C)C(=O)N(C)N=C(C)c3ccc(OCCOCCOCCOCCOCCC(C)=O)cc3)c3[nH]c(C)c(C(=O)OC)c3c21.CC[C@@H]1CN(C(=O)c2cc3cc(OCCN(C)C)ccc3o2)c2cc(OC(=O)N(C)CC(=O)N(C)/N=C(\C)c3ccc(OCCOCCOCCOCCOCCC(C)=O)cc3)c3[nH]c(C)c(C(=O)OC)c3c21. The molecule has 0 fully saturated rings. The quantitative estimate of drug-likeness (QED) is 0.0155. The molecule has 0 aliphatic carbocycles. The highest BCUT2D eigenvalue weighted by Crippen LogP contribution is 2.51. The molecule has 0 radical (unpaired) electrons. The van der Waals surface area contributed by atoms with Crippen molar-refractivity contribution in [1.29, 1.82) is 0 Å². The molecule has 145 heavy (non-hydrogen) atoms. The number of aromatic amines is 2. The number of anilines is 2. The number of furan rings is 2. The van der Waals surface area contributed by atoms with Gasteiger partial charge in [0.1, 0.15) is 77.6 Å². The summed E-state index contributed by atoms with van der Waals surface area (Å²) in [5.74, 6) is -0.435. The molecule has 784 valence electrons. The Bertz CT molecular complexity index is 6190. The number of carbonyl (C=O) groups is 10. The van der Waals surface area contributed by atoms with Crippen LogP contribution >= 0.6 is 0 Å². The normalized spacial score (nSPS) is 13.4. The Morgan fingerprint density at radius 2 is 0.814 bits per heavy atom. The molecule has 39 heteroatoms. The Kier molecular flexibility index (Phi) is 42.5. The van der Waals surface area contributed by atoms with Crippen molar-refractivity contribution in [3.8, 4) is 34.5 Å². The van der Waals surface area contributed by atoms with Crippen LogP contribution in [0.15, 0.2) is 128 Å². The Labute approximate surface area is 844 Å². The van der Waals surface area contributed by atoms with Gasteiger partial charge in [0, 0.05) is 118 Å². The van der Waals surface area contributed by atoms with Crippen LogP contribution in [0, 0.1) is 13.8 Å². The third-order valence-corrected chi connectivity index (χ3v) is 24.3. The van der Waals surface area contributed by atoms with Crippen LogP contribution in [0.3, 0.4) is 0 Å². The third-order valence-electron chi connectivity index (χ3n) is 24.3. The number of hydrogen-bond acceptors (Lipinski definition) is 31. The number of fused-ring (bicyclic) bond motifs is 8. The minimum Gasteiger partial charge on any atom is -0.497 e. The highest BCUT2D eigenvalue weighted by Gasteiger charge is 2.44. The van der Waals surface area contributed by atoms with Crippen molar-refractivity contribution in [2.75, 3.05) is 225 Å². The van der Waals surface area contributed by atoms with E-state index in [1.807, 2.05) is 63.2 Å². The van der Waals surface area contributed by atoms with Gasteiger partial charge in [-0.25, -0.2) is 29.2 Å². The molecule has 6 heterocycles. The van der Waals surface area contributed by atoms with Gasteiger partial charge in [0.2, 0.25) is 0 Å². The van der Waals surface area contributed by atoms with Crippen LogP contribution in [0.2, 0.25) is 0 Å². The van der Waals surface area contributed by atoms with Gasteiger partial charge in [0.05, 0.1) is 172 Å². The van der Waals surface area contributed by atoms with E-state index >= 15 is 0 Å². The molecule has 2 aliphatic rings. The van der Waals surface area contributed by atoms with Gasteiger partial charge in [-0.3, -0.25) is 33.7 Å². The van der Waals surface area contributed by atoms with Gasteiger partial charge in [-0.2, -0.15) is 10.2 Å². The number of ketones is 2. The number of benzene rings is 6. The number of esters is 2. The molecule has 2 aliphatic heterocycles. The molecular weight excluding hydrogens is 1880 g/mol. The molecular formula is C106H137N11O28. The number of amides is 6. The minimum absolute atomic E-state index is 0. The number of H-pyrrole nitrogens is 2. The van der Waals surface area contributed by atoms with Crippen LogP contribution in [0.5, 0.6) is 34.5 Å². The van der Waals surface area contributed by atoms with Crippen molar-refractivity contribution >= 4 is 126 Å². The van der Waals surface area contributed by atoms with Crippen LogP contribution in [0.4, 0.5) is 21.0 Å². The average Bonchev–Trinajstić information content (AvgIpc) is 1.57. The first kappa shape index (κ1) is 113. The summed E-state index contributed by atoms with van der Waals surface area (Å²) in [6.45, 7) is 25.9. The standard InChI is InChI=1S/C53H68N6O14.C52H65N5O14.CH4/c1-10-37-32-59(51(62)45-30-39-29-41(15-16-43(39)72-45)70-20-18-56(5)6)42-31-44(50-49(48(37)42)47(36(4)54-50)52(63)65-9)73-53(64)57(7)33-46(61)58(8)55-35(3)38-11-13-40(14-12-38)71-28-27-69-26-25-68-24-23-67-22-21-66-19-17-34(2)60;1-11-35-31-57(48(59)43-29-37-28-39(63-9)16-17-41(37)70-43)40-30-42(47-46(45(35)40)44(34(4)53-47)49(60)64-10)71-51(62)55(7)52(5,6)50(61)56(8)54-33(3)36-12-14-38(15-13-36)69-27-26-68-25-24-67-23-22-66-21-20-65-19-18-32(2)58;/h11-16,29-31,37,54H,10,17-28,32-33H2,1-9H3;12-17,28-30,35,53H,11,18-27,31H2,1-10H3;1H4/b55-35+;;/t37-;35-;/m11./s1. The predicted octanol–water partition coefficient (Wildman–Crippen LogP) is 15.2. The Morgan fingerprint density at radius 1 is 0.448 bits per heavy atom. The minimum atomic E-state index is -1.47. The van der Waals surface area contributed by atoms with Crippen LogP contribution in [-0.2, 0) is 66.5 Å². The van der Waals surface area contributed by atoms with E-state index in [0.29, 0.717) is 252 Å². The van der Waals surface area contributed by atoms with E-state index in [2.05, 4.69) is 20.2 Å². The maximum atomic E-state index is 14.4.